The molecular formula is C22H20N4O5S. The lowest BCUT2D eigenvalue weighted by Gasteiger charge is -2.25. The lowest BCUT2D eigenvalue weighted by molar-refractivity contribution is -0.118. The summed E-state index contributed by atoms with van der Waals surface area (Å²) in [5.74, 6) is 2.20. The molecule has 0 radical (unpaired) electrons. The average molecular weight is 452 g/mol. The third-order valence-corrected chi connectivity index (χ3v) is 6.35. The van der Waals surface area contributed by atoms with Crippen molar-refractivity contribution < 1.29 is 23.8 Å². The monoisotopic (exact) mass is 452 g/mol. The maximum atomic E-state index is 13.0. The Labute approximate surface area is 188 Å². The lowest BCUT2D eigenvalue weighted by Crippen LogP contribution is -2.26. The zero-order valence-corrected chi connectivity index (χ0v) is 18.2. The maximum Gasteiger partial charge on any atom is 0.262 e. The van der Waals surface area contributed by atoms with Gasteiger partial charge in [-0.3, -0.25) is 9.59 Å². The summed E-state index contributed by atoms with van der Waals surface area (Å²) >= 11 is 1.31. The number of hydrogen-bond donors (Lipinski definition) is 1. The van der Waals surface area contributed by atoms with Gasteiger partial charge in [-0.25, -0.2) is 0 Å². The summed E-state index contributed by atoms with van der Waals surface area (Å²) in [7, 11) is 1.84. The molecule has 0 bridgehead atoms. The van der Waals surface area contributed by atoms with Crippen molar-refractivity contribution >= 4 is 29.1 Å². The summed E-state index contributed by atoms with van der Waals surface area (Å²) in [6, 6.07) is 12.5. The van der Waals surface area contributed by atoms with Crippen molar-refractivity contribution in [3.05, 3.63) is 53.9 Å². The molecule has 10 heteroatoms. The minimum absolute atomic E-state index is 0.0254. The van der Waals surface area contributed by atoms with Crippen molar-refractivity contribution in [3.8, 4) is 17.2 Å². The Bertz CT molecular complexity index is 1210. The predicted molar refractivity (Wildman–Crippen MR) is 117 cm³/mol. The van der Waals surface area contributed by atoms with Crippen LogP contribution in [-0.2, 0) is 11.8 Å². The molecule has 2 aliphatic heterocycles. The zero-order valence-electron chi connectivity index (χ0n) is 17.4. The number of ether oxygens (including phenoxy) is 3. The van der Waals surface area contributed by atoms with Gasteiger partial charge in [0.25, 0.3) is 5.91 Å². The van der Waals surface area contributed by atoms with Gasteiger partial charge in [0.1, 0.15) is 12.4 Å². The first-order chi connectivity index (χ1) is 15.5. The average Bonchev–Trinajstić information content (AvgIpc) is 3.17. The van der Waals surface area contributed by atoms with E-state index < -0.39 is 11.4 Å². The molecule has 1 amide bonds. The van der Waals surface area contributed by atoms with Crippen LogP contribution in [-0.4, -0.2) is 44.9 Å². The lowest BCUT2D eigenvalue weighted by atomic mass is 10.1. The van der Waals surface area contributed by atoms with Crippen molar-refractivity contribution in [2.75, 3.05) is 18.5 Å². The van der Waals surface area contributed by atoms with Gasteiger partial charge in [0, 0.05) is 12.6 Å². The van der Waals surface area contributed by atoms with E-state index in [1.807, 2.05) is 42.8 Å². The molecule has 1 N–H and O–H groups in total. The molecule has 0 fully saturated rings. The molecule has 32 heavy (non-hydrogen) atoms. The number of aromatic nitrogens is 3. The highest BCUT2D eigenvalue weighted by Gasteiger charge is 2.29. The maximum absolute atomic E-state index is 13.0. The number of para-hydroxylation sites is 2. The zero-order chi connectivity index (χ0) is 22.2. The predicted octanol–water partition coefficient (Wildman–Crippen LogP) is 3.02. The molecule has 164 valence electrons. The van der Waals surface area contributed by atoms with E-state index in [9.17, 15) is 9.59 Å². The van der Waals surface area contributed by atoms with E-state index in [2.05, 4.69) is 15.5 Å². The molecule has 2 atom stereocenters. The quantitative estimate of drug-likeness (QED) is 0.465. The first kappa shape index (κ1) is 20.4. The molecule has 1 aromatic heterocycles. The Morgan fingerprint density at radius 2 is 1.97 bits per heavy atom. The molecule has 5 rings (SSSR count). The third-order valence-electron chi connectivity index (χ3n) is 5.21. The Hall–Kier alpha value is -3.53. The molecule has 0 aliphatic carbocycles. The van der Waals surface area contributed by atoms with E-state index in [1.54, 1.807) is 18.2 Å². The second-order valence-corrected chi connectivity index (χ2v) is 8.74. The Kier molecular flexibility index (Phi) is 5.22. The van der Waals surface area contributed by atoms with Gasteiger partial charge in [-0.15, -0.1) is 10.2 Å². The van der Waals surface area contributed by atoms with Crippen molar-refractivity contribution in [1.29, 1.82) is 0 Å². The number of nitrogens with zero attached hydrogens (tertiary/aromatic N) is 3. The minimum Gasteiger partial charge on any atom is -0.485 e. The Morgan fingerprint density at radius 1 is 1.16 bits per heavy atom. The summed E-state index contributed by atoms with van der Waals surface area (Å²) in [6.07, 6.45) is -0.396. The highest BCUT2D eigenvalue weighted by Crippen LogP contribution is 2.36. The van der Waals surface area contributed by atoms with Gasteiger partial charge in [0.15, 0.2) is 41.0 Å². The van der Waals surface area contributed by atoms with Crippen LogP contribution in [0, 0.1) is 0 Å². The van der Waals surface area contributed by atoms with Crippen LogP contribution in [0.2, 0.25) is 0 Å². The van der Waals surface area contributed by atoms with Gasteiger partial charge in [0.2, 0.25) is 0 Å². The smallest absolute Gasteiger partial charge is 0.262 e. The molecule has 3 aromatic rings. The number of carbonyl (C=O) groups is 2. The summed E-state index contributed by atoms with van der Waals surface area (Å²) in [6.45, 7) is 2.11. The first-order valence-electron chi connectivity index (χ1n) is 10.0. The van der Waals surface area contributed by atoms with Crippen molar-refractivity contribution in [2.24, 2.45) is 7.05 Å². The van der Waals surface area contributed by atoms with Crippen LogP contribution in [0.4, 0.5) is 5.69 Å². The molecule has 2 aliphatic rings. The number of thioether (sulfide) groups is 1. The number of fused-ring (bicyclic) bond motifs is 2. The van der Waals surface area contributed by atoms with E-state index in [-0.39, 0.29) is 18.3 Å². The number of ketones is 1. The second kappa shape index (κ2) is 8.19. The van der Waals surface area contributed by atoms with Gasteiger partial charge in [-0.05, 0) is 37.3 Å². The van der Waals surface area contributed by atoms with Crippen LogP contribution in [0.5, 0.6) is 17.2 Å². The fraction of sp³-hybridized carbons (Fsp3) is 0.273. The summed E-state index contributed by atoms with van der Waals surface area (Å²) in [5.41, 5.74) is 0.984. The van der Waals surface area contributed by atoms with Gasteiger partial charge < -0.3 is 24.1 Å². The largest absolute Gasteiger partial charge is 0.485 e. The number of anilines is 1. The van der Waals surface area contributed by atoms with Crippen LogP contribution in [0.1, 0.15) is 29.2 Å². The van der Waals surface area contributed by atoms with Gasteiger partial charge in [0.05, 0.1) is 10.9 Å². The van der Waals surface area contributed by atoms with Crippen molar-refractivity contribution in [2.45, 2.75) is 23.4 Å². The molecular weight excluding hydrogens is 432 g/mol. The fourth-order valence-electron chi connectivity index (χ4n) is 3.54. The van der Waals surface area contributed by atoms with Crippen LogP contribution in [0.25, 0.3) is 0 Å². The summed E-state index contributed by atoms with van der Waals surface area (Å²) in [4.78, 5) is 24.6. The van der Waals surface area contributed by atoms with Gasteiger partial charge >= 0.3 is 0 Å². The number of hydrogen-bond acceptors (Lipinski definition) is 8. The number of amides is 1. The summed E-state index contributed by atoms with van der Waals surface area (Å²) in [5, 5.41) is 11.4. The van der Waals surface area contributed by atoms with Crippen molar-refractivity contribution in [3.63, 3.8) is 0 Å². The molecule has 0 unspecified atom stereocenters. The van der Waals surface area contributed by atoms with E-state index in [4.69, 9.17) is 14.2 Å². The number of carbonyl (C=O) groups excluding carboxylic acids is 2. The number of benzene rings is 2. The molecule has 0 saturated heterocycles. The van der Waals surface area contributed by atoms with Crippen LogP contribution >= 0.6 is 11.8 Å². The number of nitrogens with one attached hydrogen (secondary N) is 1. The summed E-state index contributed by atoms with van der Waals surface area (Å²) < 4.78 is 19.0. The van der Waals surface area contributed by atoms with E-state index >= 15 is 0 Å². The fourth-order valence-corrected chi connectivity index (χ4v) is 4.44. The highest BCUT2D eigenvalue weighted by molar-refractivity contribution is 8.00. The van der Waals surface area contributed by atoms with Gasteiger partial charge in [-0.1, -0.05) is 23.9 Å². The topological polar surface area (TPSA) is 105 Å². The molecule has 2 aromatic carbocycles. The van der Waals surface area contributed by atoms with E-state index in [1.165, 1.54) is 11.8 Å². The highest BCUT2D eigenvalue weighted by atomic mass is 32.2. The third kappa shape index (κ3) is 3.77. The Balaban J connectivity index is 1.30. The standard InChI is InChI=1S/C22H20N4O5S/c1-12(20(28)13-7-8-15-14(9-13)23-19(27)11-30-15)32-22-25-24-21(26(22)2)18-10-29-16-5-3-4-6-17(16)31-18/h3-9,12,18H,10-11H2,1-2H3,(H,23,27)/t12-,18-/m1/s1. The molecule has 0 saturated carbocycles. The minimum atomic E-state index is -0.423. The number of rotatable bonds is 5. The molecule has 9 nitrogen and oxygen atoms in total. The van der Waals surface area contributed by atoms with Crippen LogP contribution < -0.4 is 19.5 Å². The van der Waals surface area contributed by atoms with Crippen LogP contribution in [0.15, 0.2) is 47.6 Å². The van der Waals surface area contributed by atoms with E-state index in [0.717, 1.165) is 0 Å². The Morgan fingerprint density at radius 3 is 2.81 bits per heavy atom. The normalized spacial score (nSPS) is 17.7. The first-order valence-corrected chi connectivity index (χ1v) is 10.9. The van der Waals surface area contributed by atoms with Crippen LogP contribution in [0.3, 0.4) is 0 Å². The van der Waals surface area contributed by atoms with Crippen molar-refractivity contribution in [1.82, 2.24) is 14.8 Å². The van der Waals surface area contributed by atoms with E-state index in [0.29, 0.717) is 46.1 Å². The SMILES string of the molecule is C[C@@H](Sc1nnc([C@H]2COc3ccccc3O2)n1C)C(=O)c1ccc2c(c1)NC(=O)CO2. The van der Waals surface area contributed by atoms with Gasteiger partial charge in [-0.2, -0.15) is 0 Å². The molecule has 0 spiro atoms. The second-order valence-electron chi connectivity index (χ2n) is 7.44. The number of Topliss-reactive ketones (excluding diaryl/α,β-unsaturated/α-hetero) is 1. The molecule has 3 heterocycles.